The summed E-state index contributed by atoms with van der Waals surface area (Å²) in [5, 5.41) is 8.82. The molecule has 0 N–H and O–H groups in total. The number of ether oxygens (including phenoxy) is 1. The third-order valence-corrected chi connectivity index (χ3v) is 3.00. The SMILES string of the molecule is COC(=O)c1ccccc1N1CC=C(C#N)CC1. The molecule has 1 aromatic carbocycles. The van der Waals surface area contributed by atoms with Crippen LogP contribution in [0.4, 0.5) is 5.69 Å². The van der Waals surface area contributed by atoms with Crippen molar-refractivity contribution in [1.29, 1.82) is 5.26 Å². The quantitative estimate of drug-likeness (QED) is 0.745. The van der Waals surface area contributed by atoms with Crippen LogP contribution in [0.1, 0.15) is 16.8 Å². The van der Waals surface area contributed by atoms with Crippen LogP contribution in [0, 0.1) is 11.3 Å². The minimum Gasteiger partial charge on any atom is -0.465 e. The molecule has 1 aliphatic rings. The molecule has 18 heavy (non-hydrogen) atoms. The lowest BCUT2D eigenvalue weighted by Crippen LogP contribution is -2.29. The number of anilines is 1. The number of carbonyl (C=O) groups excluding carboxylic acids is 1. The largest absolute Gasteiger partial charge is 0.465 e. The predicted molar refractivity (Wildman–Crippen MR) is 68.3 cm³/mol. The van der Waals surface area contributed by atoms with Gasteiger partial charge in [0.05, 0.1) is 24.4 Å². The second-order valence-corrected chi connectivity index (χ2v) is 4.05. The number of methoxy groups -OCH3 is 1. The molecule has 0 saturated carbocycles. The summed E-state index contributed by atoms with van der Waals surface area (Å²) in [7, 11) is 1.38. The maximum atomic E-state index is 11.7. The van der Waals surface area contributed by atoms with Gasteiger partial charge in [-0.15, -0.1) is 0 Å². The van der Waals surface area contributed by atoms with Gasteiger partial charge in [0.15, 0.2) is 0 Å². The summed E-state index contributed by atoms with van der Waals surface area (Å²) in [5.74, 6) is -0.333. The van der Waals surface area contributed by atoms with Crippen LogP contribution < -0.4 is 4.90 Å². The molecule has 0 amide bonds. The van der Waals surface area contributed by atoms with Gasteiger partial charge in [0.1, 0.15) is 0 Å². The zero-order valence-corrected chi connectivity index (χ0v) is 10.2. The monoisotopic (exact) mass is 242 g/mol. The lowest BCUT2D eigenvalue weighted by Gasteiger charge is -2.28. The molecule has 92 valence electrons. The zero-order valence-electron chi connectivity index (χ0n) is 10.2. The molecular formula is C14H14N2O2. The highest BCUT2D eigenvalue weighted by Gasteiger charge is 2.18. The molecule has 0 aliphatic carbocycles. The summed E-state index contributed by atoms with van der Waals surface area (Å²) >= 11 is 0. The summed E-state index contributed by atoms with van der Waals surface area (Å²) in [5.41, 5.74) is 2.23. The molecule has 0 radical (unpaired) electrons. The van der Waals surface area contributed by atoms with E-state index in [4.69, 9.17) is 10.00 Å². The molecule has 0 bridgehead atoms. The molecule has 2 rings (SSSR count). The van der Waals surface area contributed by atoms with E-state index in [1.165, 1.54) is 7.11 Å². The van der Waals surface area contributed by atoms with Gasteiger partial charge in [-0.3, -0.25) is 0 Å². The number of rotatable bonds is 2. The molecule has 1 aromatic rings. The van der Waals surface area contributed by atoms with Crippen molar-refractivity contribution in [2.24, 2.45) is 0 Å². The van der Waals surface area contributed by atoms with Gasteiger partial charge in [0.25, 0.3) is 0 Å². The van der Waals surface area contributed by atoms with Crippen molar-refractivity contribution in [2.45, 2.75) is 6.42 Å². The van der Waals surface area contributed by atoms with Gasteiger partial charge >= 0.3 is 5.97 Å². The van der Waals surface area contributed by atoms with Crippen LogP contribution in [0.25, 0.3) is 0 Å². The molecule has 4 nitrogen and oxygen atoms in total. The molecule has 1 aliphatic heterocycles. The van der Waals surface area contributed by atoms with Gasteiger partial charge in [0, 0.05) is 18.7 Å². The number of carbonyl (C=O) groups is 1. The minimum absolute atomic E-state index is 0.333. The van der Waals surface area contributed by atoms with Gasteiger partial charge in [0.2, 0.25) is 0 Å². The maximum Gasteiger partial charge on any atom is 0.339 e. The Morgan fingerprint density at radius 3 is 2.83 bits per heavy atom. The second-order valence-electron chi connectivity index (χ2n) is 4.05. The Bertz CT molecular complexity index is 529. The number of hydrogen-bond acceptors (Lipinski definition) is 4. The average molecular weight is 242 g/mol. The third-order valence-electron chi connectivity index (χ3n) is 3.00. The number of hydrogen-bond donors (Lipinski definition) is 0. The molecule has 0 unspecified atom stereocenters. The molecule has 0 atom stereocenters. The van der Waals surface area contributed by atoms with Crippen molar-refractivity contribution in [1.82, 2.24) is 0 Å². The Labute approximate surface area is 106 Å². The van der Waals surface area contributed by atoms with Crippen molar-refractivity contribution in [2.75, 3.05) is 25.1 Å². The van der Waals surface area contributed by atoms with Crippen molar-refractivity contribution in [3.63, 3.8) is 0 Å². The number of nitriles is 1. The van der Waals surface area contributed by atoms with Crippen LogP contribution in [0.5, 0.6) is 0 Å². The molecule has 0 aromatic heterocycles. The van der Waals surface area contributed by atoms with E-state index in [1.807, 2.05) is 24.3 Å². The third kappa shape index (κ3) is 2.35. The number of esters is 1. The summed E-state index contributed by atoms with van der Waals surface area (Å²) in [6.07, 6.45) is 2.61. The van der Waals surface area contributed by atoms with Gasteiger partial charge in [-0.2, -0.15) is 5.26 Å². The Morgan fingerprint density at radius 2 is 2.22 bits per heavy atom. The van der Waals surface area contributed by atoms with Crippen LogP contribution in [-0.4, -0.2) is 26.2 Å². The Morgan fingerprint density at radius 1 is 1.44 bits per heavy atom. The van der Waals surface area contributed by atoms with Gasteiger partial charge in [-0.25, -0.2) is 4.79 Å². The Hall–Kier alpha value is -2.28. The van der Waals surface area contributed by atoms with Gasteiger partial charge in [-0.05, 0) is 18.6 Å². The molecule has 0 saturated heterocycles. The van der Waals surface area contributed by atoms with Crippen molar-refractivity contribution < 1.29 is 9.53 Å². The van der Waals surface area contributed by atoms with E-state index < -0.39 is 0 Å². The minimum atomic E-state index is -0.333. The maximum absolute atomic E-state index is 11.7. The standard InChI is InChI=1S/C14H14N2O2/c1-18-14(17)12-4-2-3-5-13(12)16-8-6-11(10-15)7-9-16/h2-6H,7-9H2,1H3. The number of para-hydroxylation sites is 1. The molecule has 1 heterocycles. The zero-order chi connectivity index (χ0) is 13.0. The van der Waals surface area contributed by atoms with Crippen LogP contribution in [0.3, 0.4) is 0 Å². The fourth-order valence-electron chi connectivity index (χ4n) is 2.02. The first-order valence-electron chi connectivity index (χ1n) is 5.77. The first kappa shape index (κ1) is 12.2. The van der Waals surface area contributed by atoms with E-state index in [2.05, 4.69) is 11.0 Å². The van der Waals surface area contributed by atoms with Crippen molar-refractivity contribution >= 4 is 11.7 Å². The Kier molecular flexibility index (Phi) is 3.63. The summed E-state index contributed by atoms with van der Waals surface area (Å²) in [6.45, 7) is 1.39. The van der Waals surface area contributed by atoms with Crippen LogP contribution >= 0.6 is 0 Å². The van der Waals surface area contributed by atoms with Crippen LogP contribution in [-0.2, 0) is 4.74 Å². The van der Waals surface area contributed by atoms with E-state index in [-0.39, 0.29) is 5.97 Å². The normalized spacial score (nSPS) is 14.7. The number of nitrogens with zero attached hydrogens (tertiary/aromatic N) is 2. The highest BCUT2D eigenvalue weighted by molar-refractivity contribution is 5.95. The van der Waals surface area contributed by atoms with E-state index in [0.717, 1.165) is 17.8 Å². The van der Waals surface area contributed by atoms with Gasteiger partial charge < -0.3 is 9.64 Å². The van der Waals surface area contributed by atoms with E-state index in [9.17, 15) is 4.79 Å². The van der Waals surface area contributed by atoms with E-state index in [0.29, 0.717) is 18.5 Å². The number of benzene rings is 1. The molecular weight excluding hydrogens is 228 g/mol. The lowest BCUT2D eigenvalue weighted by atomic mass is 10.1. The van der Waals surface area contributed by atoms with Crippen LogP contribution in [0.15, 0.2) is 35.9 Å². The van der Waals surface area contributed by atoms with Crippen molar-refractivity contribution in [3.05, 3.63) is 41.5 Å². The molecule has 0 fully saturated rings. The van der Waals surface area contributed by atoms with Crippen LogP contribution in [0.2, 0.25) is 0 Å². The van der Waals surface area contributed by atoms with E-state index in [1.54, 1.807) is 6.07 Å². The fourth-order valence-corrected chi connectivity index (χ4v) is 2.02. The van der Waals surface area contributed by atoms with E-state index >= 15 is 0 Å². The first-order chi connectivity index (χ1) is 8.76. The topological polar surface area (TPSA) is 53.3 Å². The van der Waals surface area contributed by atoms with Gasteiger partial charge in [-0.1, -0.05) is 18.2 Å². The highest BCUT2D eigenvalue weighted by atomic mass is 16.5. The molecule has 0 spiro atoms. The summed E-state index contributed by atoms with van der Waals surface area (Å²) < 4.78 is 4.78. The Balaban J connectivity index is 2.27. The fraction of sp³-hybridized carbons (Fsp3) is 0.286. The summed E-state index contributed by atoms with van der Waals surface area (Å²) in [4.78, 5) is 13.8. The highest BCUT2D eigenvalue weighted by Crippen LogP contribution is 2.24. The first-order valence-corrected chi connectivity index (χ1v) is 5.77. The lowest BCUT2D eigenvalue weighted by molar-refractivity contribution is 0.0601. The molecule has 4 heteroatoms. The average Bonchev–Trinajstić information content (AvgIpc) is 2.46. The summed E-state index contributed by atoms with van der Waals surface area (Å²) in [6, 6.07) is 9.53. The second kappa shape index (κ2) is 5.37. The predicted octanol–water partition coefficient (Wildman–Crippen LogP) is 2.13. The smallest absolute Gasteiger partial charge is 0.339 e. The van der Waals surface area contributed by atoms with Crippen molar-refractivity contribution in [3.8, 4) is 6.07 Å².